The highest BCUT2D eigenvalue weighted by Gasteiger charge is 2.14. The highest BCUT2D eigenvalue weighted by Crippen LogP contribution is 2.13. The third-order valence-electron chi connectivity index (χ3n) is 2.74. The lowest BCUT2D eigenvalue weighted by molar-refractivity contribution is 0.0526. The van der Waals surface area contributed by atoms with Crippen LogP contribution in [0.3, 0.4) is 0 Å². The molecule has 0 aromatic heterocycles. The molecular weight excluding hydrogens is 216 g/mol. The van der Waals surface area contributed by atoms with Crippen molar-refractivity contribution < 1.29 is 14.3 Å². The highest BCUT2D eigenvalue weighted by molar-refractivity contribution is 5.98. The summed E-state index contributed by atoms with van der Waals surface area (Å²) in [5, 5.41) is 0. The lowest BCUT2D eigenvalue weighted by Crippen LogP contribution is -2.11. The maximum absolute atomic E-state index is 11.9. The number of benzene rings is 1. The number of carbonyl (C=O) groups is 2. The summed E-state index contributed by atoms with van der Waals surface area (Å²) >= 11 is 0. The van der Waals surface area contributed by atoms with Crippen LogP contribution in [0.5, 0.6) is 0 Å². The van der Waals surface area contributed by atoms with Crippen LogP contribution >= 0.6 is 0 Å². The summed E-state index contributed by atoms with van der Waals surface area (Å²) in [6.07, 6.45) is 0.818. The van der Waals surface area contributed by atoms with Crippen molar-refractivity contribution in [2.45, 2.75) is 27.2 Å². The molecule has 0 fully saturated rings. The van der Waals surface area contributed by atoms with Gasteiger partial charge in [0.15, 0.2) is 5.78 Å². The number of carbonyl (C=O) groups excluding carboxylic acids is 2. The van der Waals surface area contributed by atoms with E-state index in [0.717, 1.165) is 6.42 Å². The zero-order chi connectivity index (χ0) is 12.8. The predicted octanol–water partition coefficient (Wildman–Crippen LogP) is 3.09. The normalized spacial score (nSPS) is 11.9. The molecular formula is C14H18O3. The Hall–Kier alpha value is -1.64. The molecule has 0 unspecified atom stereocenters. The SMILES string of the molecule is CCOC(=O)c1ccc(C(=O)[C@H](C)CC)cc1. The Kier molecular flexibility index (Phi) is 4.88. The van der Waals surface area contributed by atoms with Crippen molar-refractivity contribution >= 4 is 11.8 Å². The van der Waals surface area contributed by atoms with Crippen LogP contribution in [0.4, 0.5) is 0 Å². The molecule has 0 aliphatic rings. The fourth-order valence-corrected chi connectivity index (χ4v) is 1.45. The van der Waals surface area contributed by atoms with Crippen LogP contribution < -0.4 is 0 Å². The van der Waals surface area contributed by atoms with Crippen LogP contribution in [-0.2, 0) is 4.74 Å². The van der Waals surface area contributed by atoms with Gasteiger partial charge in [-0.05, 0) is 25.5 Å². The maximum Gasteiger partial charge on any atom is 0.338 e. The van der Waals surface area contributed by atoms with Crippen LogP contribution in [-0.4, -0.2) is 18.4 Å². The Balaban J connectivity index is 2.81. The van der Waals surface area contributed by atoms with Crippen LogP contribution in [0.2, 0.25) is 0 Å². The third kappa shape index (κ3) is 3.41. The Morgan fingerprint density at radius 1 is 1.12 bits per heavy atom. The second-order valence-electron chi connectivity index (χ2n) is 3.97. The minimum Gasteiger partial charge on any atom is -0.462 e. The molecule has 1 aromatic carbocycles. The topological polar surface area (TPSA) is 43.4 Å². The smallest absolute Gasteiger partial charge is 0.338 e. The molecule has 1 aromatic rings. The van der Waals surface area contributed by atoms with Crippen molar-refractivity contribution in [1.29, 1.82) is 0 Å². The number of hydrogen-bond acceptors (Lipinski definition) is 3. The summed E-state index contributed by atoms with van der Waals surface area (Å²) in [5.41, 5.74) is 1.12. The molecule has 0 amide bonds. The van der Waals surface area contributed by atoms with Gasteiger partial charge < -0.3 is 4.74 Å². The van der Waals surface area contributed by atoms with Crippen molar-refractivity contribution in [3.63, 3.8) is 0 Å². The van der Waals surface area contributed by atoms with Crippen LogP contribution in [0.25, 0.3) is 0 Å². The standard InChI is InChI=1S/C14H18O3/c1-4-10(3)13(15)11-6-8-12(9-7-11)14(16)17-5-2/h6-10H,4-5H2,1-3H3/t10-/m1/s1. The summed E-state index contributed by atoms with van der Waals surface area (Å²) < 4.78 is 4.87. The average molecular weight is 234 g/mol. The molecule has 1 atom stereocenters. The molecule has 0 bridgehead atoms. The first-order valence-electron chi connectivity index (χ1n) is 5.91. The maximum atomic E-state index is 11.9. The molecule has 3 nitrogen and oxygen atoms in total. The van der Waals surface area contributed by atoms with Crippen LogP contribution in [0.15, 0.2) is 24.3 Å². The molecule has 92 valence electrons. The number of ketones is 1. The first kappa shape index (κ1) is 13.4. The summed E-state index contributed by atoms with van der Waals surface area (Å²) in [7, 11) is 0. The van der Waals surface area contributed by atoms with E-state index in [4.69, 9.17) is 4.74 Å². The van der Waals surface area contributed by atoms with Gasteiger partial charge in [0.2, 0.25) is 0 Å². The van der Waals surface area contributed by atoms with Crippen LogP contribution in [0, 0.1) is 5.92 Å². The number of rotatable bonds is 5. The molecule has 0 aliphatic carbocycles. The van der Waals surface area contributed by atoms with Crippen molar-refractivity contribution in [2.75, 3.05) is 6.61 Å². The monoisotopic (exact) mass is 234 g/mol. The Morgan fingerprint density at radius 3 is 2.12 bits per heavy atom. The van der Waals surface area contributed by atoms with E-state index in [-0.39, 0.29) is 17.7 Å². The number of ether oxygens (including phenoxy) is 1. The van der Waals surface area contributed by atoms with Gasteiger partial charge in [0, 0.05) is 11.5 Å². The zero-order valence-electron chi connectivity index (χ0n) is 10.5. The molecule has 0 saturated heterocycles. The van der Waals surface area contributed by atoms with Crippen molar-refractivity contribution in [3.8, 4) is 0 Å². The van der Waals surface area contributed by atoms with Gasteiger partial charge in [-0.25, -0.2) is 4.79 Å². The fourth-order valence-electron chi connectivity index (χ4n) is 1.45. The average Bonchev–Trinajstić information content (AvgIpc) is 2.37. The molecule has 1 rings (SSSR count). The van der Waals surface area contributed by atoms with Gasteiger partial charge in [-0.2, -0.15) is 0 Å². The summed E-state index contributed by atoms with van der Waals surface area (Å²) in [6, 6.07) is 6.63. The molecule has 0 N–H and O–H groups in total. The molecule has 0 spiro atoms. The minimum absolute atomic E-state index is 0.0171. The second-order valence-corrected chi connectivity index (χ2v) is 3.97. The van der Waals surface area contributed by atoms with E-state index < -0.39 is 0 Å². The van der Waals surface area contributed by atoms with Crippen molar-refractivity contribution in [2.24, 2.45) is 5.92 Å². The molecule has 0 radical (unpaired) electrons. The number of Topliss-reactive ketones (excluding diaryl/α,β-unsaturated/α-hetero) is 1. The van der Waals surface area contributed by atoms with E-state index in [0.29, 0.717) is 17.7 Å². The lowest BCUT2D eigenvalue weighted by Gasteiger charge is -2.07. The van der Waals surface area contributed by atoms with Gasteiger partial charge in [-0.15, -0.1) is 0 Å². The van der Waals surface area contributed by atoms with Gasteiger partial charge in [0.05, 0.1) is 12.2 Å². The number of esters is 1. The quantitative estimate of drug-likeness (QED) is 0.581. The number of hydrogen-bond donors (Lipinski definition) is 0. The minimum atomic E-state index is -0.352. The Morgan fingerprint density at radius 2 is 1.65 bits per heavy atom. The summed E-state index contributed by atoms with van der Waals surface area (Å²) in [5.74, 6) is -0.221. The predicted molar refractivity (Wildman–Crippen MR) is 66.2 cm³/mol. The zero-order valence-corrected chi connectivity index (χ0v) is 10.5. The Labute approximate surface area is 102 Å². The summed E-state index contributed by atoms with van der Waals surface area (Å²) in [6.45, 7) is 6.00. The summed E-state index contributed by atoms with van der Waals surface area (Å²) in [4.78, 5) is 23.3. The van der Waals surface area contributed by atoms with E-state index in [9.17, 15) is 9.59 Å². The van der Waals surface area contributed by atoms with E-state index in [1.54, 1.807) is 31.2 Å². The fraction of sp³-hybridized carbons (Fsp3) is 0.429. The van der Waals surface area contributed by atoms with Gasteiger partial charge in [0.1, 0.15) is 0 Å². The van der Waals surface area contributed by atoms with E-state index in [1.807, 2.05) is 13.8 Å². The van der Waals surface area contributed by atoms with Gasteiger partial charge >= 0.3 is 5.97 Å². The molecule has 17 heavy (non-hydrogen) atoms. The first-order valence-corrected chi connectivity index (χ1v) is 5.91. The van der Waals surface area contributed by atoms with Crippen molar-refractivity contribution in [1.82, 2.24) is 0 Å². The Bertz CT molecular complexity index is 392. The highest BCUT2D eigenvalue weighted by atomic mass is 16.5. The molecule has 3 heteroatoms. The van der Waals surface area contributed by atoms with E-state index in [1.165, 1.54) is 0 Å². The van der Waals surface area contributed by atoms with E-state index in [2.05, 4.69) is 0 Å². The van der Waals surface area contributed by atoms with Gasteiger partial charge in [0.25, 0.3) is 0 Å². The molecule has 0 aliphatic heterocycles. The third-order valence-corrected chi connectivity index (χ3v) is 2.74. The van der Waals surface area contributed by atoms with Gasteiger partial charge in [-0.1, -0.05) is 26.0 Å². The van der Waals surface area contributed by atoms with Gasteiger partial charge in [-0.3, -0.25) is 4.79 Å². The van der Waals surface area contributed by atoms with E-state index >= 15 is 0 Å². The van der Waals surface area contributed by atoms with Crippen LogP contribution in [0.1, 0.15) is 47.9 Å². The lowest BCUT2D eigenvalue weighted by atomic mass is 9.96. The first-order chi connectivity index (χ1) is 8.10. The molecule has 0 heterocycles. The second kappa shape index (κ2) is 6.18. The molecule has 0 saturated carbocycles. The largest absolute Gasteiger partial charge is 0.462 e. The van der Waals surface area contributed by atoms with Crippen molar-refractivity contribution in [3.05, 3.63) is 35.4 Å².